The number of thiophene rings is 1. The fourth-order valence-electron chi connectivity index (χ4n) is 2.30. The van der Waals surface area contributed by atoms with Crippen LogP contribution in [0.2, 0.25) is 0 Å². The van der Waals surface area contributed by atoms with Crippen molar-refractivity contribution in [1.29, 1.82) is 0 Å². The first-order chi connectivity index (χ1) is 13.6. The average Bonchev–Trinajstić information content (AvgIpc) is 3.35. The molecule has 10 heteroatoms. The van der Waals surface area contributed by atoms with Crippen LogP contribution in [0.3, 0.4) is 0 Å². The molecule has 0 fully saturated rings. The normalized spacial score (nSPS) is 10.9. The molecule has 0 bridgehead atoms. The van der Waals surface area contributed by atoms with Gasteiger partial charge >= 0.3 is 5.97 Å². The van der Waals surface area contributed by atoms with Gasteiger partial charge in [0.2, 0.25) is 4.96 Å². The number of fused-ring (bicyclic) bond motifs is 1. The third kappa shape index (κ3) is 4.07. The number of hydrogen-bond acceptors (Lipinski definition) is 8. The number of ether oxygens (including phenoxy) is 2. The van der Waals surface area contributed by atoms with Gasteiger partial charge in [0, 0.05) is 6.07 Å². The fraction of sp³-hybridized carbons (Fsp3) is 0.111. The molecular weight excluding hydrogens is 405 g/mol. The molecule has 28 heavy (non-hydrogen) atoms. The maximum atomic E-state index is 12.8. The quantitative estimate of drug-likeness (QED) is 0.448. The van der Waals surface area contributed by atoms with E-state index in [1.165, 1.54) is 57.5 Å². The molecule has 1 aromatic carbocycles. The highest BCUT2D eigenvalue weighted by atomic mass is 32.1. The summed E-state index contributed by atoms with van der Waals surface area (Å²) in [5.41, 5.74) is -0.0285. The summed E-state index contributed by atoms with van der Waals surface area (Å²) in [5, 5.41) is 6.90. The van der Waals surface area contributed by atoms with Gasteiger partial charge in [-0.15, -0.1) is 11.3 Å². The van der Waals surface area contributed by atoms with Crippen molar-refractivity contribution in [3.63, 3.8) is 0 Å². The summed E-state index contributed by atoms with van der Waals surface area (Å²) >= 11 is 2.80. The molecule has 0 spiro atoms. The van der Waals surface area contributed by atoms with Crippen LogP contribution < -0.4 is 10.3 Å². The number of nitrogens with zero attached hydrogens (tertiary/aromatic N) is 3. The topological polar surface area (TPSA) is 82.8 Å². The summed E-state index contributed by atoms with van der Waals surface area (Å²) < 4.78 is 24.4. The van der Waals surface area contributed by atoms with Crippen LogP contribution in [0, 0.1) is 5.82 Å². The highest BCUT2D eigenvalue weighted by molar-refractivity contribution is 7.23. The number of hydrogen-bond donors (Lipinski definition) is 0. The second kappa shape index (κ2) is 7.87. The monoisotopic (exact) mass is 417 g/mol. The minimum Gasteiger partial charge on any atom is -0.482 e. The van der Waals surface area contributed by atoms with E-state index in [2.05, 4.69) is 10.1 Å². The van der Waals surface area contributed by atoms with Crippen molar-refractivity contribution >= 4 is 33.6 Å². The molecule has 0 aliphatic heterocycles. The molecule has 0 atom stereocenters. The lowest BCUT2D eigenvalue weighted by Crippen LogP contribution is -2.18. The van der Waals surface area contributed by atoms with Crippen molar-refractivity contribution in [2.45, 2.75) is 6.61 Å². The maximum Gasteiger partial charge on any atom is 0.344 e. The zero-order valence-corrected chi connectivity index (χ0v) is 15.8. The van der Waals surface area contributed by atoms with Gasteiger partial charge in [-0.1, -0.05) is 17.4 Å². The summed E-state index contributed by atoms with van der Waals surface area (Å²) in [5.74, 6) is -0.676. The van der Waals surface area contributed by atoms with Crippen molar-refractivity contribution in [1.82, 2.24) is 14.6 Å². The Bertz CT molecular complexity index is 1170. The van der Waals surface area contributed by atoms with Gasteiger partial charge in [0.05, 0.1) is 10.6 Å². The van der Waals surface area contributed by atoms with Gasteiger partial charge in [-0.05, 0) is 35.7 Å². The standard InChI is InChI=1S/C18H12FN3O4S2/c19-11-3-5-13(6-4-11)25-10-16(24)26-9-12-8-15(23)22-18(20-12)28-17(21-22)14-2-1-7-27-14/h1-8H,9-10H2. The van der Waals surface area contributed by atoms with Crippen LogP contribution in [-0.4, -0.2) is 27.2 Å². The Balaban J connectivity index is 1.41. The zero-order valence-electron chi connectivity index (χ0n) is 14.2. The second-order valence-electron chi connectivity index (χ2n) is 5.57. The first-order valence-electron chi connectivity index (χ1n) is 8.06. The molecule has 142 valence electrons. The molecule has 0 aliphatic rings. The van der Waals surface area contributed by atoms with Crippen molar-refractivity contribution in [3.05, 3.63) is 69.7 Å². The Hall–Kier alpha value is -3.11. The molecule has 3 heterocycles. The molecule has 0 N–H and O–H groups in total. The molecule has 4 rings (SSSR count). The molecule has 0 unspecified atom stereocenters. The molecule has 4 aromatic rings. The molecule has 7 nitrogen and oxygen atoms in total. The highest BCUT2D eigenvalue weighted by Gasteiger charge is 2.12. The molecular formula is C18H12FN3O4S2. The molecule has 0 saturated heterocycles. The number of esters is 1. The van der Waals surface area contributed by atoms with E-state index in [0.29, 0.717) is 21.4 Å². The second-order valence-corrected chi connectivity index (χ2v) is 7.47. The van der Waals surface area contributed by atoms with Gasteiger partial charge in [-0.2, -0.15) is 9.61 Å². The summed E-state index contributed by atoms with van der Waals surface area (Å²) in [6.07, 6.45) is 0. The number of carbonyl (C=O) groups excluding carboxylic acids is 1. The van der Waals surface area contributed by atoms with Crippen LogP contribution in [0.25, 0.3) is 14.8 Å². The van der Waals surface area contributed by atoms with Gasteiger partial charge in [0.15, 0.2) is 11.6 Å². The van der Waals surface area contributed by atoms with Crippen molar-refractivity contribution in [3.8, 4) is 15.6 Å². The van der Waals surface area contributed by atoms with E-state index in [4.69, 9.17) is 9.47 Å². The number of carbonyl (C=O) groups is 1. The summed E-state index contributed by atoms with van der Waals surface area (Å²) in [7, 11) is 0. The van der Waals surface area contributed by atoms with Crippen LogP contribution >= 0.6 is 22.7 Å². The minimum atomic E-state index is -0.630. The Kier molecular flexibility index (Phi) is 5.13. The van der Waals surface area contributed by atoms with E-state index in [0.717, 1.165) is 4.88 Å². The van der Waals surface area contributed by atoms with Crippen LogP contribution in [-0.2, 0) is 16.1 Å². The van der Waals surface area contributed by atoms with Crippen molar-refractivity contribution in [2.75, 3.05) is 6.61 Å². The van der Waals surface area contributed by atoms with Crippen LogP contribution in [0.1, 0.15) is 5.69 Å². The molecule has 0 amide bonds. The van der Waals surface area contributed by atoms with Gasteiger partial charge in [0.1, 0.15) is 18.2 Å². The molecule has 0 saturated carbocycles. The van der Waals surface area contributed by atoms with E-state index in [9.17, 15) is 14.0 Å². The lowest BCUT2D eigenvalue weighted by molar-refractivity contribution is -0.147. The predicted octanol–water partition coefficient (Wildman–Crippen LogP) is 3.14. The van der Waals surface area contributed by atoms with Crippen molar-refractivity contribution < 1.29 is 18.7 Å². The Morgan fingerprint density at radius 1 is 1.21 bits per heavy atom. The lowest BCUT2D eigenvalue weighted by atomic mass is 10.3. The number of benzene rings is 1. The summed E-state index contributed by atoms with van der Waals surface area (Å²) in [6, 6.07) is 10.4. The number of halogens is 1. The Labute approximate surface area is 165 Å². The van der Waals surface area contributed by atoms with E-state index in [-0.39, 0.29) is 18.8 Å². The Morgan fingerprint density at radius 3 is 2.79 bits per heavy atom. The Morgan fingerprint density at radius 2 is 2.04 bits per heavy atom. The lowest BCUT2D eigenvalue weighted by Gasteiger charge is -2.06. The number of rotatable bonds is 6. The maximum absolute atomic E-state index is 12.8. The van der Waals surface area contributed by atoms with E-state index in [1.807, 2.05) is 17.5 Å². The average molecular weight is 417 g/mol. The third-order valence-electron chi connectivity index (χ3n) is 3.58. The molecule has 3 aromatic heterocycles. The van der Waals surface area contributed by atoms with E-state index in [1.54, 1.807) is 0 Å². The predicted molar refractivity (Wildman–Crippen MR) is 102 cm³/mol. The first kappa shape index (κ1) is 18.3. The first-order valence-corrected chi connectivity index (χ1v) is 9.76. The largest absolute Gasteiger partial charge is 0.482 e. The van der Waals surface area contributed by atoms with Crippen LogP contribution in [0.5, 0.6) is 5.75 Å². The van der Waals surface area contributed by atoms with Gasteiger partial charge in [0.25, 0.3) is 5.56 Å². The van der Waals surface area contributed by atoms with Crippen LogP contribution in [0.15, 0.2) is 52.6 Å². The van der Waals surface area contributed by atoms with Gasteiger partial charge < -0.3 is 9.47 Å². The van der Waals surface area contributed by atoms with E-state index < -0.39 is 11.8 Å². The van der Waals surface area contributed by atoms with Gasteiger partial charge in [-0.3, -0.25) is 4.79 Å². The number of aromatic nitrogens is 3. The zero-order chi connectivity index (χ0) is 19.5. The van der Waals surface area contributed by atoms with Crippen LogP contribution in [0.4, 0.5) is 4.39 Å². The third-order valence-corrected chi connectivity index (χ3v) is 5.53. The smallest absolute Gasteiger partial charge is 0.344 e. The SMILES string of the molecule is O=C(COc1ccc(F)cc1)OCc1cc(=O)n2nc(-c3cccs3)sc2n1. The van der Waals surface area contributed by atoms with Crippen molar-refractivity contribution in [2.24, 2.45) is 0 Å². The minimum absolute atomic E-state index is 0.163. The molecule has 0 aliphatic carbocycles. The molecule has 0 radical (unpaired) electrons. The van der Waals surface area contributed by atoms with Gasteiger partial charge in [-0.25, -0.2) is 14.2 Å². The van der Waals surface area contributed by atoms with E-state index >= 15 is 0 Å². The fourth-order valence-corrected chi connectivity index (χ4v) is 4.02. The summed E-state index contributed by atoms with van der Waals surface area (Å²) in [4.78, 5) is 29.8. The highest BCUT2D eigenvalue weighted by Crippen LogP contribution is 2.28. The summed E-state index contributed by atoms with van der Waals surface area (Å²) in [6.45, 7) is -0.500.